The summed E-state index contributed by atoms with van der Waals surface area (Å²) in [5, 5.41) is 19.9. The molecule has 0 unspecified atom stereocenters. The van der Waals surface area contributed by atoms with Crippen molar-refractivity contribution in [1.82, 2.24) is 0 Å². The topological polar surface area (TPSA) is 40.5 Å². The maximum Gasteiger partial charge on any atom is 0.115 e. The van der Waals surface area contributed by atoms with Crippen LogP contribution in [0.3, 0.4) is 0 Å². The van der Waals surface area contributed by atoms with Crippen LogP contribution in [0.25, 0.3) is 0 Å². The van der Waals surface area contributed by atoms with Crippen molar-refractivity contribution >= 4 is 15.9 Å². The van der Waals surface area contributed by atoms with Crippen LogP contribution < -0.4 is 0 Å². The highest BCUT2D eigenvalue weighted by Crippen LogP contribution is 2.37. The van der Waals surface area contributed by atoms with Crippen LogP contribution in [0.1, 0.15) is 30.9 Å². The normalized spacial score (nSPS) is 11.5. The lowest BCUT2D eigenvalue weighted by atomic mass is 9.73. The molecule has 2 N–H and O–H groups in total. The van der Waals surface area contributed by atoms with Crippen LogP contribution in [0.2, 0.25) is 0 Å². The molecule has 0 aliphatic carbocycles. The zero-order chi connectivity index (χ0) is 14.6. The predicted octanol–water partition coefficient (Wildman–Crippen LogP) is 4.58. The van der Waals surface area contributed by atoms with Gasteiger partial charge >= 0.3 is 0 Å². The monoisotopic (exact) mass is 334 g/mol. The van der Waals surface area contributed by atoms with E-state index in [0.29, 0.717) is 0 Å². The molecule has 2 aromatic carbocycles. The lowest BCUT2D eigenvalue weighted by molar-refractivity contribution is 0.470. The van der Waals surface area contributed by atoms with Crippen molar-refractivity contribution in [2.45, 2.75) is 25.2 Å². The minimum atomic E-state index is -0.130. The van der Waals surface area contributed by atoms with Gasteiger partial charge in [-0.15, -0.1) is 0 Å². The average molecular weight is 335 g/mol. The Morgan fingerprint density at radius 2 is 1.25 bits per heavy atom. The summed E-state index contributed by atoms with van der Waals surface area (Å²) < 4.78 is 0. The number of aromatic hydroxyl groups is 2. The third-order valence-corrected chi connectivity index (χ3v) is 4.38. The van der Waals surface area contributed by atoms with E-state index in [1.54, 1.807) is 24.3 Å². The Balaban J connectivity index is 2.43. The van der Waals surface area contributed by atoms with Crippen LogP contribution >= 0.6 is 15.9 Å². The third-order valence-electron chi connectivity index (χ3n) is 3.82. The molecular weight excluding hydrogens is 316 g/mol. The highest BCUT2D eigenvalue weighted by atomic mass is 79.9. The molecule has 0 radical (unpaired) electrons. The summed E-state index contributed by atoms with van der Waals surface area (Å²) >= 11 is 3.49. The second kappa shape index (κ2) is 6.31. The Morgan fingerprint density at radius 3 is 1.60 bits per heavy atom. The zero-order valence-electron chi connectivity index (χ0n) is 11.5. The number of hydrogen-bond acceptors (Lipinski definition) is 2. The molecule has 0 amide bonds. The number of hydrogen-bond donors (Lipinski definition) is 2. The molecule has 2 rings (SSSR count). The molecule has 0 saturated carbocycles. The molecule has 2 nitrogen and oxygen atoms in total. The molecule has 2 aromatic rings. The first-order valence-electron chi connectivity index (χ1n) is 6.71. The first-order valence-corrected chi connectivity index (χ1v) is 7.83. The molecular formula is C17H19BrO2. The molecule has 0 heterocycles. The van der Waals surface area contributed by atoms with Gasteiger partial charge in [0.1, 0.15) is 11.5 Å². The van der Waals surface area contributed by atoms with E-state index in [9.17, 15) is 10.2 Å². The number of phenols is 2. The smallest absolute Gasteiger partial charge is 0.115 e. The minimum absolute atomic E-state index is 0.130. The van der Waals surface area contributed by atoms with Crippen LogP contribution in [0, 0.1) is 0 Å². The van der Waals surface area contributed by atoms with Crippen molar-refractivity contribution in [2.75, 3.05) is 5.33 Å². The Morgan fingerprint density at radius 1 is 0.850 bits per heavy atom. The van der Waals surface area contributed by atoms with Gasteiger partial charge in [0.25, 0.3) is 0 Å². The molecule has 0 aliphatic heterocycles. The summed E-state index contributed by atoms with van der Waals surface area (Å²) in [5.41, 5.74) is 2.21. The van der Waals surface area contributed by atoms with E-state index in [4.69, 9.17) is 0 Å². The second-order valence-corrected chi connectivity index (χ2v) is 6.01. The zero-order valence-corrected chi connectivity index (χ0v) is 13.1. The first kappa shape index (κ1) is 14.9. The molecule has 0 saturated heterocycles. The molecule has 0 spiro atoms. The Kier molecular flexibility index (Phi) is 4.71. The number of rotatable bonds is 5. The fourth-order valence-corrected chi connectivity index (χ4v) is 2.81. The van der Waals surface area contributed by atoms with E-state index >= 15 is 0 Å². The van der Waals surface area contributed by atoms with Crippen molar-refractivity contribution < 1.29 is 10.2 Å². The second-order valence-electron chi connectivity index (χ2n) is 5.22. The lowest BCUT2D eigenvalue weighted by Crippen LogP contribution is -2.23. The average Bonchev–Trinajstić information content (AvgIpc) is 2.46. The predicted molar refractivity (Wildman–Crippen MR) is 85.7 cm³/mol. The third kappa shape index (κ3) is 3.15. The van der Waals surface area contributed by atoms with Crippen LogP contribution in [0.4, 0.5) is 0 Å². The van der Waals surface area contributed by atoms with Gasteiger partial charge in [-0.25, -0.2) is 0 Å². The van der Waals surface area contributed by atoms with Gasteiger partial charge in [0.15, 0.2) is 0 Å². The first-order chi connectivity index (χ1) is 9.56. The fourth-order valence-electron chi connectivity index (χ4n) is 2.53. The van der Waals surface area contributed by atoms with Gasteiger partial charge in [0.2, 0.25) is 0 Å². The number of alkyl halides is 1. The Bertz CT molecular complexity index is 501. The Labute approximate surface area is 128 Å². The van der Waals surface area contributed by atoms with E-state index in [1.807, 2.05) is 24.3 Å². The SMILES string of the molecule is CC(CCCBr)(c1ccc(O)cc1)c1ccc(O)cc1. The van der Waals surface area contributed by atoms with Gasteiger partial charge in [0, 0.05) is 10.7 Å². The van der Waals surface area contributed by atoms with Crippen molar-refractivity contribution in [1.29, 1.82) is 0 Å². The van der Waals surface area contributed by atoms with Crippen molar-refractivity contribution in [3.05, 3.63) is 59.7 Å². The standard InChI is InChI=1S/C17H19BrO2/c1-17(11-2-12-18,13-3-7-15(19)8-4-13)14-5-9-16(20)10-6-14/h3-10,19-20H,2,11-12H2,1H3. The fraction of sp³-hybridized carbons (Fsp3) is 0.294. The Hall–Kier alpha value is -1.48. The van der Waals surface area contributed by atoms with E-state index in [-0.39, 0.29) is 16.9 Å². The summed E-state index contributed by atoms with van der Waals surface area (Å²) in [5.74, 6) is 0.560. The molecule has 20 heavy (non-hydrogen) atoms. The van der Waals surface area contributed by atoms with Crippen molar-refractivity contribution in [3.8, 4) is 11.5 Å². The summed E-state index contributed by atoms with van der Waals surface area (Å²) in [6.07, 6.45) is 2.05. The largest absolute Gasteiger partial charge is 0.508 e. The molecule has 0 atom stereocenters. The van der Waals surface area contributed by atoms with Crippen molar-refractivity contribution in [3.63, 3.8) is 0 Å². The van der Waals surface area contributed by atoms with Gasteiger partial charge in [0.05, 0.1) is 0 Å². The summed E-state index contributed by atoms with van der Waals surface area (Å²) in [4.78, 5) is 0. The molecule has 0 aromatic heterocycles. The van der Waals surface area contributed by atoms with Gasteiger partial charge < -0.3 is 10.2 Å². The highest BCUT2D eigenvalue weighted by molar-refractivity contribution is 9.09. The number of benzene rings is 2. The summed E-state index contributed by atoms with van der Waals surface area (Å²) in [7, 11) is 0. The van der Waals surface area contributed by atoms with Crippen LogP contribution in [-0.2, 0) is 5.41 Å². The number of halogens is 1. The van der Waals surface area contributed by atoms with Crippen molar-refractivity contribution in [2.24, 2.45) is 0 Å². The summed E-state index contributed by atoms with van der Waals surface area (Å²) in [6, 6.07) is 14.8. The van der Waals surface area contributed by atoms with E-state index in [0.717, 1.165) is 18.2 Å². The van der Waals surface area contributed by atoms with E-state index in [1.165, 1.54) is 11.1 Å². The molecule has 0 aliphatic rings. The van der Waals surface area contributed by atoms with Crippen LogP contribution in [-0.4, -0.2) is 15.5 Å². The van der Waals surface area contributed by atoms with E-state index < -0.39 is 0 Å². The molecule has 3 heteroatoms. The summed E-state index contributed by atoms with van der Waals surface area (Å²) in [6.45, 7) is 2.20. The maximum atomic E-state index is 9.46. The highest BCUT2D eigenvalue weighted by Gasteiger charge is 2.28. The molecule has 0 bridgehead atoms. The van der Waals surface area contributed by atoms with Gasteiger partial charge in [-0.2, -0.15) is 0 Å². The molecule has 0 fully saturated rings. The molecule has 106 valence electrons. The van der Waals surface area contributed by atoms with Gasteiger partial charge in [-0.3, -0.25) is 0 Å². The lowest BCUT2D eigenvalue weighted by Gasteiger charge is -2.31. The maximum absolute atomic E-state index is 9.46. The quantitative estimate of drug-likeness (QED) is 0.785. The number of phenolic OH excluding ortho intramolecular Hbond substituents is 2. The van der Waals surface area contributed by atoms with Gasteiger partial charge in [-0.05, 0) is 48.2 Å². The van der Waals surface area contributed by atoms with Crippen LogP contribution in [0.5, 0.6) is 11.5 Å². The van der Waals surface area contributed by atoms with Gasteiger partial charge in [-0.1, -0.05) is 47.1 Å². The van der Waals surface area contributed by atoms with Crippen LogP contribution in [0.15, 0.2) is 48.5 Å². The minimum Gasteiger partial charge on any atom is -0.508 e. The van der Waals surface area contributed by atoms with E-state index in [2.05, 4.69) is 22.9 Å².